The predicted octanol–water partition coefficient (Wildman–Crippen LogP) is 2.23. The third-order valence-corrected chi connectivity index (χ3v) is 3.04. The van der Waals surface area contributed by atoms with Crippen LogP contribution in [0.1, 0.15) is 11.1 Å². The topological polar surface area (TPSA) is 73.6 Å². The van der Waals surface area contributed by atoms with Gasteiger partial charge in [-0.3, -0.25) is 0 Å². The number of rotatable bonds is 0. The zero-order valence-electron chi connectivity index (χ0n) is 7.11. The highest BCUT2D eigenvalue weighted by molar-refractivity contribution is 7.18. The lowest BCUT2D eigenvalue weighted by atomic mass is 10.1. The first-order valence-corrected chi connectivity index (χ1v) is 4.75. The minimum atomic E-state index is 0.404. The molecule has 0 fully saturated rings. The van der Waals surface area contributed by atoms with Gasteiger partial charge in [0.1, 0.15) is 12.1 Å². The fraction of sp³-hybridized carbons (Fsp3) is 0. The lowest BCUT2D eigenvalue weighted by molar-refractivity contribution is 1.46. The molecule has 0 radical (unpaired) electrons. The summed E-state index contributed by atoms with van der Waals surface area (Å²) >= 11 is 1.40. The molecule has 14 heavy (non-hydrogen) atoms. The van der Waals surface area contributed by atoms with Crippen LogP contribution in [0.15, 0.2) is 17.5 Å². The Bertz CT molecular complexity index is 584. The van der Waals surface area contributed by atoms with Gasteiger partial charge in [0, 0.05) is 10.8 Å². The monoisotopic (exact) mass is 199 g/mol. The molecule has 0 aliphatic rings. The van der Waals surface area contributed by atoms with Crippen LogP contribution in [0.25, 0.3) is 10.1 Å². The van der Waals surface area contributed by atoms with Crippen LogP contribution in [0.2, 0.25) is 0 Å². The lowest BCUT2D eigenvalue weighted by Gasteiger charge is -1.96. The summed E-state index contributed by atoms with van der Waals surface area (Å²) in [6.07, 6.45) is 0. The van der Waals surface area contributed by atoms with Crippen LogP contribution in [0.4, 0.5) is 5.69 Å². The van der Waals surface area contributed by atoms with Gasteiger partial charge in [-0.2, -0.15) is 10.5 Å². The number of hydrogen-bond acceptors (Lipinski definition) is 4. The van der Waals surface area contributed by atoms with Crippen LogP contribution < -0.4 is 5.73 Å². The quantitative estimate of drug-likeness (QED) is 0.707. The minimum Gasteiger partial charge on any atom is -0.398 e. The molecule has 2 rings (SSSR count). The summed E-state index contributed by atoms with van der Waals surface area (Å²) in [6.45, 7) is 0. The van der Waals surface area contributed by atoms with Crippen LogP contribution >= 0.6 is 11.3 Å². The molecule has 2 aromatic rings. The van der Waals surface area contributed by atoms with Gasteiger partial charge in [-0.1, -0.05) is 6.07 Å². The highest BCUT2D eigenvalue weighted by Crippen LogP contribution is 2.31. The molecule has 0 aliphatic carbocycles. The summed E-state index contributed by atoms with van der Waals surface area (Å²) in [5.74, 6) is 0. The molecule has 0 aliphatic heterocycles. The van der Waals surface area contributed by atoms with Gasteiger partial charge in [0.2, 0.25) is 0 Å². The van der Waals surface area contributed by atoms with Gasteiger partial charge >= 0.3 is 0 Å². The van der Waals surface area contributed by atoms with Crippen molar-refractivity contribution in [2.24, 2.45) is 0 Å². The molecule has 0 saturated carbocycles. The Morgan fingerprint density at radius 2 is 2.00 bits per heavy atom. The number of nitriles is 2. The summed E-state index contributed by atoms with van der Waals surface area (Å²) in [5, 5.41) is 20.3. The SMILES string of the molecule is N#Cc1ccc2c(N)csc2c1C#N. The van der Waals surface area contributed by atoms with Crippen LogP contribution in [-0.2, 0) is 0 Å². The van der Waals surface area contributed by atoms with Crippen molar-refractivity contribution < 1.29 is 0 Å². The summed E-state index contributed by atoms with van der Waals surface area (Å²) in [5.41, 5.74) is 7.20. The average Bonchev–Trinajstić information content (AvgIpc) is 2.59. The maximum atomic E-state index is 8.92. The molecule has 0 atom stereocenters. The van der Waals surface area contributed by atoms with E-state index < -0.39 is 0 Å². The third-order valence-electron chi connectivity index (χ3n) is 2.00. The van der Waals surface area contributed by atoms with Crippen LogP contribution in [0.5, 0.6) is 0 Å². The van der Waals surface area contributed by atoms with Gasteiger partial charge in [-0.25, -0.2) is 0 Å². The standard InChI is InChI=1S/C10H5N3S/c11-3-6-1-2-7-9(13)5-14-10(7)8(6)4-12/h1-2,5H,13H2. The van der Waals surface area contributed by atoms with E-state index in [2.05, 4.69) is 0 Å². The Balaban J connectivity index is 2.95. The Labute approximate surface area is 84.6 Å². The van der Waals surface area contributed by atoms with Crippen molar-refractivity contribution in [3.63, 3.8) is 0 Å². The van der Waals surface area contributed by atoms with E-state index in [4.69, 9.17) is 16.3 Å². The van der Waals surface area contributed by atoms with E-state index in [0.717, 1.165) is 10.1 Å². The number of nitrogens with zero attached hydrogens (tertiary/aromatic N) is 2. The Morgan fingerprint density at radius 1 is 1.21 bits per heavy atom. The van der Waals surface area contributed by atoms with Crippen molar-refractivity contribution in [2.45, 2.75) is 0 Å². The first kappa shape index (κ1) is 8.55. The fourth-order valence-electron chi connectivity index (χ4n) is 1.32. The van der Waals surface area contributed by atoms with E-state index >= 15 is 0 Å². The minimum absolute atomic E-state index is 0.404. The Hall–Kier alpha value is -2.04. The van der Waals surface area contributed by atoms with Crippen LogP contribution in [0, 0.1) is 22.7 Å². The fourth-order valence-corrected chi connectivity index (χ4v) is 2.28. The van der Waals surface area contributed by atoms with Crippen molar-refractivity contribution in [2.75, 3.05) is 5.73 Å². The molecule has 66 valence electrons. The van der Waals surface area contributed by atoms with Crippen LogP contribution in [0.3, 0.4) is 0 Å². The van der Waals surface area contributed by atoms with Gasteiger partial charge < -0.3 is 5.73 Å². The lowest BCUT2D eigenvalue weighted by Crippen LogP contribution is -1.85. The molecule has 2 N–H and O–H groups in total. The third kappa shape index (κ3) is 1.02. The summed E-state index contributed by atoms with van der Waals surface area (Å²) < 4.78 is 0.795. The maximum absolute atomic E-state index is 8.92. The molecule has 4 heteroatoms. The number of thiophene rings is 1. The van der Waals surface area contributed by atoms with E-state index in [1.807, 2.05) is 12.1 Å². The molecule has 1 aromatic heterocycles. The molecule has 0 saturated heterocycles. The molecule has 1 aromatic carbocycles. The second-order valence-corrected chi connectivity index (χ2v) is 3.66. The molecule has 0 unspecified atom stereocenters. The number of hydrogen-bond donors (Lipinski definition) is 1. The molecular formula is C10H5N3S. The van der Waals surface area contributed by atoms with Crippen molar-refractivity contribution in [1.82, 2.24) is 0 Å². The summed E-state index contributed by atoms with van der Waals surface area (Å²) in [7, 11) is 0. The first-order valence-electron chi connectivity index (χ1n) is 3.88. The molecular weight excluding hydrogens is 194 g/mol. The van der Waals surface area contributed by atoms with Crippen molar-refractivity contribution >= 4 is 27.1 Å². The molecule has 0 spiro atoms. The van der Waals surface area contributed by atoms with E-state index in [9.17, 15) is 0 Å². The molecule has 3 nitrogen and oxygen atoms in total. The zero-order valence-corrected chi connectivity index (χ0v) is 7.93. The van der Waals surface area contributed by atoms with Crippen LogP contribution in [-0.4, -0.2) is 0 Å². The van der Waals surface area contributed by atoms with Crippen molar-refractivity contribution in [3.05, 3.63) is 28.6 Å². The van der Waals surface area contributed by atoms with Gasteiger partial charge in [-0.15, -0.1) is 11.3 Å². The van der Waals surface area contributed by atoms with Crippen molar-refractivity contribution in [3.8, 4) is 12.1 Å². The normalized spacial score (nSPS) is 9.57. The number of fused-ring (bicyclic) bond motifs is 1. The molecule has 1 heterocycles. The number of nitrogen functional groups attached to an aromatic ring is 1. The van der Waals surface area contributed by atoms with E-state index in [1.54, 1.807) is 17.5 Å². The van der Waals surface area contributed by atoms with E-state index in [-0.39, 0.29) is 0 Å². The molecule has 0 amide bonds. The maximum Gasteiger partial charge on any atom is 0.102 e. The first-order chi connectivity index (χ1) is 6.77. The Kier molecular flexibility index (Phi) is 1.85. The van der Waals surface area contributed by atoms with E-state index in [0.29, 0.717) is 16.8 Å². The summed E-state index contributed by atoms with van der Waals surface area (Å²) in [4.78, 5) is 0. The van der Waals surface area contributed by atoms with Gasteiger partial charge in [0.05, 0.1) is 21.5 Å². The predicted molar refractivity (Wildman–Crippen MR) is 55.7 cm³/mol. The number of anilines is 1. The second kappa shape index (κ2) is 3.02. The summed E-state index contributed by atoms with van der Waals surface area (Å²) in [6, 6.07) is 7.43. The number of nitrogens with two attached hydrogens (primary N) is 1. The van der Waals surface area contributed by atoms with Crippen molar-refractivity contribution in [1.29, 1.82) is 10.5 Å². The Morgan fingerprint density at radius 3 is 2.64 bits per heavy atom. The molecule has 0 bridgehead atoms. The smallest absolute Gasteiger partial charge is 0.102 e. The highest BCUT2D eigenvalue weighted by atomic mass is 32.1. The average molecular weight is 199 g/mol. The van der Waals surface area contributed by atoms with Gasteiger partial charge in [0.15, 0.2) is 0 Å². The largest absolute Gasteiger partial charge is 0.398 e. The van der Waals surface area contributed by atoms with E-state index in [1.165, 1.54) is 11.3 Å². The highest BCUT2D eigenvalue weighted by Gasteiger charge is 2.09. The second-order valence-electron chi connectivity index (χ2n) is 2.78. The van der Waals surface area contributed by atoms with Gasteiger partial charge in [0.25, 0.3) is 0 Å². The number of benzene rings is 1. The zero-order chi connectivity index (χ0) is 10.1. The van der Waals surface area contributed by atoms with Gasteiger partial charge in [-0.05, 0) is 6.07 Å².